The molecule has 0 radical (unpaired) electrons. The van der Waals surface area contributed by atoms with E-state index >= 15 is 0 Å². The summed E-state index contributed by atoms with van der Waals surface area (Å²) >= 11 is 0. The van der Waals surface area contributed by atoms with Crippen LogP contribution in [-0.4, -0.2) is 45.6 Å². The summed E-state index contributed by atoms with van der Waals surface area (Å²) in [5.74, 6) is 2.68. The van der Waals surface area contributed by atoms with Crippen molar-refractivity contribution < 1.29 is 38.7 Å². The Morgan fingerprint density at radius 1 is 0.545 bits per heavy atom. The van der Waals surface area contributed by atoms with Gasteiger partial charge in [0.2, 0.25) is 0 Å². The molecule has 0 heterocycles. The summed E-state index contributed by atoms with van der Waals surface area (Å²) in [6.07, 6.45) is 4.43. The molecule has 4 nitrogen and oxygen atoms in total. The third-order valence-electron chi connectivity index (χ3n) is 1.87. The van der Waals surface area contributed by atoms with Crippen molar-refractivity contribution in [1.29, 1.82) is 0 Å². The second-order valence-electron chi connectivity index (χ2n) is 5.40. The summed E-state index contributed by atoms with van der Waals surface area (Å²) in [7, 11) is 0.321. The van der Waals surface area contributed by atoms with Crippen molar-refractivity contribution in [2.24, 2.45) is 17.8 Å². The largest absolute Gasteiger partial charge is 0.307 e. The first-order valence-corrected chi connectivity index (χ1v) is 8.69. The number of hydrogen-bond acceptors (Lipinski definition) is 4. The number of carbonyl (C=O) groups is 4. The van der Waals surface area contributed by atoms with Crippen molar-refractivity contribution in [3.8, 4) is 0 Å². The van der Waals surface area contributed by atoms with Crippen LogP contribution < -0.4 is 0 Å². The summed E-state index contributed by atoms with van der Waals surface area (Å²) in [5.41, 5.74) is 0. The zero-order valence-corrected chi connectivity index (χ0v) is 17.7. The summed E-state index contributed by atoms with van der Waals surface area (Å²) in [6.45, 7) is 22.1. The zero-order chi connectivity index (χ0) is 18.4. The molecule has 0 aromatic rings. The predicted octanol–water partition coefficient (Wildman–Crippen LogP) is 3.69. The number of carbonyl (C=O) groups excluding carboxylic acids is 4. The SMILES string of the molecule is C=O.C=O.C=O.C=O.CC(C)CP(CC(C)C)CC(C)C.[Ru]. The van der Waals surface area contributed by atoms with Crippen molar-refractivity contribution >= 4 is 35.1 Å². The van der Waals surface area contributed by atoms with E-state index in [1.165, 1.54) is 18.5 Å². The van der Waals surface area contributed by atoms with Gasteiger partial charge in [-0.3, -0.25) is 0 Å². The molecule has 0 saturated heterocycles. The fraction of sp³-hybridized carbons (Fsp3) is 0.750. The molecule has 0 amide bonds. The molecule has 0 aromatic carbocycles. The van der Waals surface area contributed by atoms with Crippen molar-refractivity contribution in [1.82, 2.24) is 0 Å². The van der Waals surface area contributed by atoms with Gasteiger partial charge in [0.25, 0.3) is 0 Å². The molecule has 0 N–H and O–H groups in total. The van der Waals surface area contributed by atoms with Gasteiger partial charge in [0.15, 0.2) is 0 Å². The topological polar surface area (TPSA) is 68.3 Å². The Balaban J connectivity index is -0.0000000613. The van der Waals surface area contributed by atoms with Crippen LogP contribution in [0.2, 0.25) is 0 Å². The maximum atomic E-state index is 8.00. The van der Waals surface area contributed by atoms with Gasteiger partial charge in [0.1, 0.15) is 27.2 Å². The standard InChI is InChI=1S/C12H27P.4CH2O.Ru/c1-10(2)7-13(8-11(3)4)9-12(5)6;4*1-2;/h10-12H,7-9H2,1-6H3;4*1H2;. The summed E-state index contributed by atoms with van der Waals surface area (Å²) in [5, 5.41) is 0. The van der Waals surface area contributed by atoms with Crippen molar-refractivity contribution in [3.05, 3.63) is 0 Å². The normalized spacial score (nSPS) is 8.09. The molecule has 6 heteroatoms. The van der Waals surface area contributed by atoms with Crippen LogP contribution in [0.15, 0.2) is 0 Å². The summed E-state index contributed by atoms with van der Waals surface area (Å²) in [6, 6.07) is 0. The van der Waals surface area contributed by atoms with Crippen LogP contribution in [0.1, 0.15) is 41.5 Å². The van der Waals surface area contributed by atoms with Crippen LogP contribution >= 0.6 is 7.92 Å². The molecule has 0 aliphatic rings. The maximum Gasteiger partial charge on any atom is 0.106 e. The van der Waals surface area contributed by atoms with Gasteiger partial charge in [0, 0.05) is 19.5 Å². The van der Waals surface area contributed by atoms with E-state index in [2.05, 4.69) is 41.5 Å². The van der Waals surface area contributed by atoms with Gasteiger partial charge in [-0.2, -0.15) is 0 Å². The molecule has 0 unspecified atom stereocenters. The van der Waals surface area contributed by atoms with Crippen molar-refractivity contribution in [3.63, 3.8) is 0 Å². The monoisotopic (exact) mass is 424 g/mol. The molecule has 0 aromatic heterocycles. The van der Waals surface area contributed by atoms with Crippen LogP contribution in [0.4, 0.5) is 0 Å². The Kier molecular flexibility index (Phi) is 63.8. The molecule has 0 saturated carbocycles. The van der Waals surface area contributed by atoms with Crippen molar-refractivity contribution in [2.75, 3.05) is 18.5 Å². The minimum atomic E-state index is 0. The van der Waals surface area contributed by atoms with Crippen LogP contribution in [0.25, 0.3) is 0 Å². The van der Waals surface area contributed by atoms with E-state index in [0.717, 1.165) is 17.8 Å². The van der Waals surface area contributed by atoms with E-state index in [9.17, 15) is 0 Å². The second kappa shape index (κ2) is 37.2. The molecule has 0 rings (SSSR count). The van der Waals surface area contributed by atoms with Crippen LogP contribution in [0.3, 0.4) is 0 Å². The predicted molar refractivity (Wildman–Crippen MR) is 94.5 cm³/mol. The molecule has 0 aliphatic heterocycles. The summed E-state index contributed by atoms with van der Waals surface area (Å²) < 4.78 is 0. The van der Waals surface area contributed by atoms with Gasteiger partial charge >= 0.3 is 0 Å². The van der Waals surface area contributed by atoms with Gasteiger partial charge in [-0.1, -0.05) is 41.5 Å². The minimum Gasteiger partial charge on any atom is -0.307 e. The quantitative estimate of drug-likeness (QED) is 0.483. The fourth-order valence-corrected chi connectivity index (χ4v) is 5.32. The molecule has 0 aliphatic carbocycles. The molecule has 0 bridgehead atoms. The van der Waals surface area contributed by atoms with Crippen LogP contribution in [-0.2, 0) is 38.7 Å². The van der Waals surface area contributed by atoms with E-state index in [1.807, 2.05) is 27.2 Å². The maximum absolute atomic E-state index is 8.00. The Bertz CT molecular complexity index is 150. The first kappa shape index (κ1) is 37.7. The Morgan fingerprint density at radius 2 is 0.682 bits per heavy atom. The van der Waals surface area contributed by atoms with Crippen LogP contribution in [0.5, 0.6) is 0 Å². The van der Waals surface area contributed by atoms with Gasteiger partial charge in [0.05, 0.1) is 0 Å². The Morgan fingerprint density at radius 3 is 0.773 bits per heavy atom. The minimum absolute atomic E-state index is 0. The molecule has 0 spiro atoms. The van der Waals surface area contributed by atoms with Gasteiger partial charge in [-0.15, -0.1) is 7.92 Å². The van der Waals surface area contributed by atoms with Gasteiger partial charge in [-0.05, 0) is 36.2 Å². The van der Waals surface area contributed by atoms with Gasteiger partial charge in [-0.25, -0.2) is 0 Å². The van der Waals surface area contributed by atoms with Gasteiger partial charge < -0.3 is 19.2 Å². The molecule has 136 valence electrons. The smallest absolute Gasteiger partial charge is 0.106 e. The average Bonchev–Trinajstić information content (AvgIpc) is 2.45. The molecule has 22 heavy (non-hydrogen) atoms. The number of hydrogen-bond donors (Lipinski definition) is 0. The Hall–Kier alpha value is -0.267. The molecular formula is C16H35O4PRu. The average molecular weight is 423 g/mol. The molecular weight excluding hydrogens is 388 g/mol. The third-order valence-corrected chi connectivity index (χ3v) is 5.61. The first-order valence-electron chi connectivity index (χ1n) is 6.79. The summed E-state index contributed by atoms with van der Waals surface area (Å²) in [4.78, 5) is 32.0. The Labute approximate surface area is 151 Å². The fourth-order valence-electron chi connectivity index (χ4n) is 1.77. The number of rotatable bonds is 6. The zero-order valence-electron chi connectivity index (χ0n) is 15.1. The molecule has 0 fully saturated rings. The van der Waals surface area contributed by atoms with E-state index < -0.39 is 0 Å². The third kappa shape index (κ3) is 50.3. The van der Waals surface area contributed by atoms with Crippen molar-refractivity contribution in [2.45, 2.75) is 41.5 Å². The second-order valence-corrected chi connectivity index (χ2v) is 7.84. The van der Waals surface area contributed by atoms with E-state index in [0.29, 0.717) is 7.92 Å². The van der Waals surface area contributed by atoms with E-state index in [4.69, 9.17) is 19.2 Å². The first-order chi connectivity index (χ1) is 9.91. The van der Waals surface area contributed by atoms with E-state index in [1.54, 1.807) is 0 Å². The van der Waals surface area contributed by atoms with E-state index in [-0.39, 0.29) is 19.5 Å². The van der Waals surface area contributed by atoms with Crippen LogP contribution in [0, 0.1) is 17.8 Å². The molecule has 0 atom stereocenters.